The molecule has 0 aliphatic carbocycles. The fourth-order valence-corrected chi connectivity index (χ4v) is 2.42. The first kappa shape index (κ1) is 13.2. The van der Waals surface area contributed by atoms with Crippen molar-refractivity contribution in [3.8, 4) is 0 Å². The van der Waals surface area contributed by atoms with Crippen LogP contribution >= 0.6 is 0 Å². The largest absolute Gasteiger partial charge is 0.274 e. The molecule has 1 aliphatic rings. The Morgan fingerprint density at radius 1 is 0.810 bits per heavy atom. The first-order valence-corrected chi connectivity index (χ1v) is 6.73. The van der Waals surface area contributed by atoms with Crippen LogP contribution in [0.3, 0.4) is 0 Å². The van der Waals surface area contributed by atoms with E-state index in [1.165, 1.54) is 0 Å². The number of rotatable bonds is 3. The summed E-state index contributed by atoms with van der Waals surface area (Å²) in [5, 5.41) is 0. The van der Waals surface area contributed by atoms with Gasteiger partial charge in [-0.3, -0.25) is 14.4 Å². The summed E-state index contributed by atoms with van der Waals surface area (Å²) in [7, 11) is 0. The average Bonchev–Trinajstić information content (AvgIpc) is 2.78. The van der Waals surface area contributed by atoms with Crippen LogP contribution in [0.2, 0.25) is 0 Å². The minimum atomic E-state index is -0.520. The minimum absolute atomic E-state index is 0.134. The second kappa shape index (κ2) is 5.32. The maximum atomic E-state index is 12.2. The number of carbonyl (C=O) groups excluding carboxylic acids is 3. The Morgan fingerprint density at radius 3 is 1.90 bits per heavy atom. The molecular formula is C17H13NO3. The van der Waals surface area contributed by atoms with E-state index in [0.717, 1.165) is 10.5 Å². The molecule has 0 saturated heterocycles. The standard InChI is InChI=1S/C17H13NO3/c19-15(11-10-12-6-2-1-3-7-12)18-16(20)13-8-4-5-9-14(13)17(18)21/h1-9H,10-11H2. The molecule has 21 heavy (non-hydrogen) atoms. The van der Waals surface area contributed by atoms with Crippen LogP contribution in [0.15, 0.2) is 54.6 Å². The van der Waals surface area contributed by atoms with Gasteiger partial charge in [-0.25, -0.2) is 4.90 Å². The lowest BCUT2D eigenvalue weighted by molar-refractivity contribution is -0.126. The van der Waals surface area contributed by atoms with Crippen molar-refractivity contribution in [1.29, 1.82) is 0 Å². The number of nitrogens with zero attached hydrogens (tertiary/aromatic N) is 1. The van der Waals surface area contributed by atoms with E-state index in [9.17, 15) is 14.4 Å². The van der Waals surface area contributed by atoms with Crippen LogP contribution in [-0.2, 0) is 11.2 Å². The molecule has 0 bridgehead atoms. The molecule has 0 radical (unpaired) electrons. The van der Waals surface area contributed by atoms with E-state index >= 15 is 0 Å². The predicted octanol–water partition coefficient (Wildman–Crippen LogP) is 2.44. The van der Waals surface area contributed by atoms with Crippen LogP contribution in [0.1, 0.15) is 32.7 Å². The van der Waals surface area contributed by atoms with Gasteiger partial charge in [0.1, 0.15) is 0 Å². The fraction of sp³-hybridized carbons (Fsp3) is 0.118. The third kappa shape index (κ3) is 2.36. The molecule has 1 aliphatic heterocycles. The molecule has 3 rings (SSSR count). The zero-order chi connectivity index (χ0) is 14.8. The molecule has 0 fully saturated rings. The van der Waals surface area contributed by atoms with Crippen molar-refractivity contribution < 1.29 is 14.4 Å². The molecule has 2 aromatic carbocycles. The van der Waals surface area contributed by atoms with E-state index in [-0.39, 0.29) is 6.42 Å². The summed E-state index contributed by atoms with van der Waals surface area (Å²) in [6.07, 6.45) is 0.641. The summed E-state index contributed by atoms with van der Waals surface area (Å²) in [5.41, 5.74) is 1.61. The number of fused-ring (bicyclic) bond motifs is 1. The summed E-state index contributed by atoms with van der Waals surface area (Å²) in [4.78, 5) is 37.2. The summed E-state index contributed by atoms with van der Waals surface area (Å²) in [6.45, 7) is 0. The predicted molar refractivity (Wildman–Crippen MR) is 76.7 cm³/mol. The van der Waals surface area contributed by atoms with Crippen molar-refractivity contribution in [2.75, 3.05) is 0 Å². The third-order valence-corrected chi connectivity index (χ3v) is 3.51. The van der Waals surface area contributed by atoms with Gasteiger partial charge >= 0.3 is 0 Å². The zero-order valence-corrected chi connectivity index (χ0v) is 11.3. The number of hydrogen-bond donors (Lipinski definition) is 0. The highest BCUT2D eigenvalue weighted by Gasteiger charge is 2.38. The molecule has 4 nitrogen and oxygen atoms in total. The zero-order valence-electron chi connectivity index (χ0n) is 11.3. The molecule has 4 heteroatoms. The maximum Gasteiger partial charge on any atom is 0.268 e. The van der Waals surface area contributed by atoms with E-state index in [1.54, 1.807) is 24.3 Å². The number of hydrogen-bond acceptors (Lipinski definition) is 3. The van der Waals surface area contributed by atoms with Gasteiger partial charge in [0.2, 0.25) is 5.91 Å². The topological polar surface area (TPSA) is 54.5 Å². The van der Waals surface area contributed by atoms with Gasteiger partial charge in [-0.05, 0) is 24.1 Å². The second-order valence-corrected chi connectivity index (χ2v) is 4.87. The minimum Gasteiger partial charge on any atom is -0.274 e. The molecule has 0 unspecified atom stereocenters. The van der Waals surface area contributed by atoms with Crippen molar-refractivity contribution in [2.24, 2.45) is 0 Å². The van der Waals surface area contributed by atoms with Crippen LogP contribution in [-0.4, -0.2) is 22.6 Å². The van der Waals surface area contributed by atoms with Crippen LogP contribution < -0.4 is 0 Å². The summed E-state index contributed by atoms with van der Waals surface area (Å²) < 4.78 is 0. The van der Waals surface area contributed by atoms with Gasteiger partial charge in [0.05, 0.1) is 11.1 Å². The van der Waals surface area contributed by atoms with Crippen molar-refractivity contribution in [1.82, 2.24) is 4.90 Å². The molecule has 0 saturated carbocycles. The molecule has 104 valence electrons. The number of benzene rings is 2. The first-order chi connectivity index (χ1) is 10.2. The number of aryl methyl sites for hydroxylation is 1. The van der Waals surface area contributed by atoms with E-state index < -0.39 is 17.7 Å². The average molecular weight is 279 g/mol. The van der Waals surface area contributed by atoms with Crippen molar-refractivity contribution in [3.63, 3.8) is 0 Å². The Kier molecular flexibility index (Phi) is 3.36. The Hall–Kier alpha value is -2.75. The van der Waals surface area contributed by atoms with Crippen LogP contribution in [0.4, 0.5) is 0 Å². The third-order valence-electron chi connectivity index (χ3n) is 3.51. The van der Waals surface area contributed by atoms with Gasteiger partial charge in [-0.15, -0.1) is 0 Å². The van der Waals surface area contributed by atoms with Crippen LogP contribution in [0, 0.1) is 0 Å². The van der Waals surface area contributed by atoms with Gasteiger partial charge in [0.25, 0.3) is 11.8 Å². The highest BCUT2D eigenvalue weighted by Crippen LogP contribution is 2.23. The second-order valence-electron chi connectivity index (χ2n) is 4.87. The Balaban J connectivity index is 1.75. The van der Waals surface area contributed by atoms with Gasteiger partial charge in [0, 0.05) is 6.42 Å². The van der Waals surface area contributed by atoms with Gasteiger partial charge in [-0.2, -0.15) is 0 Å². The number of imide groups is 3. The number of amides is 3. The van der Waals surface area contributed by atoms with Crippen LogP contribution in [0.5, 0.6) is 0 Å². The van der Waals surface area contributed by atoms with Crippen LogP contribution in [0.25, 0.3) is 0 Å². The molecule has 2 aromatic rings. The lowest BCUT2D eigenvalue weighted by atomic mass is 10.1. The number of carbonyl (C=O) groups is 3. The summed E-state index contributed by atoms with van der Waals surface area (Å²) in [6, 6.07) is 16.0. The lowest BCUT2D eigenvalue weighted by Crippen LogP contribution is -2.36. The fourth-order valence-electron chi connectivity index (χ4n) is 2.42. The molecule has 0 spiro atoms. The van der Waals surface area contributed by atoms with Crippen molar-refractivity contribution >= 4 is 17.7 Å². The van der Waals surface area contributed by atoms with Gasteiger partial charge in [0.15, 0.2) is 0 Å². The Morgan fingerprint density at radius 2 is 1.33 bits per heavy atom. The smallest absolute Gasteiger partial charge is 0.268 e. The Labute approximate surface area is 122 Å². The monoisotopic (exact) mass is 279 g/mol. The SMILES string of the molecule is O=C(CCc1ccccc1)N1C(=O)c2ccccc2C1=O. The quantitative estimate of drug-likeness (QED) is 0.811. The Bertz CT molecular complexity index is 687. The molecule has 3 amide bonds. The van der Waals surface area contributed by atoms with Crippen molar-refractivity contribution in [3.05, 3.63) is 71.3 Å². The molecule has 0 N–H and O–H groups in total. The molecule has 0 atom stereocenters. The highest BCUT2D eigenvalue weighted by atomic mass is 16.2. The van der Waals surface area contributed by atoms with Crippen molar-refractivity contribution in [2.45, 2.75) is 12.8 Å². The maximum absolute atomic E-state index is 12.2. The van der Waals surface area contributed by atoms with E-state index in [4.69, 9.17) is 0 Å². The van der Waals surface area contributed by atoms with E-state index in [1.807, 2.05) is 30.3 Å². The van der Waals surface area contributed by atoms with E-state index in [2.05, 4.69) is 0 Å². The molecule has 0 aromatic heterocycles. The lowest BCUT2D eigenvalue weighted by Gasteiger charge is -2.11. The van der Waals surface area contributed by atoms with Gasteiger partial charge < -0.3 is 0 Å². The van der Waals surface area contributed by atoms with Gasteiger partial charge in [-0.1, -0.05) is 42.5 Å². The first-order valence-electron chi connectivity index (χ1n) is 6.73. The summed E-state index contributed by atoms with van der Waals surface area (Å²) in [5.74, 6) is -1.49. The summed E-state index contributed by atoms with van der Waals surface area (Å²) >= 11 is 0. The molecular weight excluding hydrogens is 266 g/mol. The van der Waals surface area contributed by atoms with E-state index in [0.29, 0.717) is 17.5 Å². The molecule has 1 heterocycles. The normalized spacial score (nSPS) is 13.4. The highest BCUT2D eigenvalue weighted by molar-refractivity contribution is 6.28.